The van der Waals surface area contributed by atoms with Gasteiger partial charge in [0, 0.05) is 23.0 Å². The Morgan fingerprint density at radius 1 is 1.00 bits per heavy atom. The summed E-state index contributed by atoms with van der Waals surface area (Å²) in [4.78, 5) is 32.4. The molecule has 0 fully saturated rings. The van der Waals surface area contributed by atoms with E-state index in [2.05, 4.69) is 15.3 Å². The number of aromatic nitrogens is 2. The van der Waals surface area contributed by atoms with Crippen LogP contribution >= 0.6 is 23.2 Å². The number of ketones is 1. The lowest BCUT2D eigenvalue weighted by molar-refractivity contribution is 0.101. The molecule has 2 aromatic carbocycles. The number of halogens is 2. The molecule has 27 heavy (non-hydrogen) atoms. The molecular weight excluding hydrogens is 389 g/mol. The van der Waals surface area contributed by atoms with Gasteiger partial charge in [-0.1, -0.05) is 23.2 Å². The average molecular weight is 402 g/mol. The van der Waals surface area contributed by atoms with Crippen LogP contribution in [0.3, 0.4) is 0 Å². The molecule has 1 amide bonds. The highest BCUT2D eigenvalue weighted by atomic mass is 35.5. The molecule has 0 aliphatic rings. The minimum absolute atomic E-state index is 0.150. The number of rotatable bonds is 5. The zero-order chi connectivity index (χ0) is 19.4. The number of nitrogens with zero attached hydrogens (tertiary/aromatic N) is 2. The van der Waals surface area contributed by atoms with Crippen molar-refractivity contribution in [3.8, 4) is 11.8 Å². The Hall–Kier alpha value is -2.96. The largest absolute Gasteiger partial charge is 0.424 e. The summed E-state index contributed by atoms with van der Waals surface area (Å²) in [6, 6.07) is 11.0. The summed E-state index contributed by atoms with van der Waals surface area (Å²) in [6.45, 7) is 1.39. The molecule has 136 valence electrons. The predicted molar refractivity (Wildman–Crippen MR) is 103 cm³/mol. The van der Waals surface area contributed by atoms with E-state index in [9.17, 15) is 9.59 Å². The van der Waals surface area contributed by atoms with Gasteiger partial charge in [0.1, 0.15) is 5.75 Å². The van der Waals surface area contributed by atoms with Gasteiger partial charge in [0.2, 0.25) is 0 Å². The molecule has 0 radical (unpaired) electrons. The quantitative estimate of drug-likeness (QED) is 0.606. The van der Waals surface area contributed by atoms with Gasteiger partial charge in [0.05, 0.1) is 16.3 Å². The van der Waals surface area contributed by atoms with E-state index in [1.165, 1.54) is 25.1 Å². The Balaban J connectivity index is 1.86. The first kappa shape index (κ1) is 18.8. The molecule has 0 saturated carbocycles. The van der Waals surface area contributed by atoms with Crippen LogP contribution in [0.15, 0.2) is 54.9 Å². The van der Waals surface area contributed by atoms with Gasteiger partial charge in [-0.25, -0.2) is 9.97 Å². The predicted octanol–water partition coefficient (Wildman–Crippen LogP) is 5.03. The van der Waals surface area contributed by atoms with Crippen LogP contribution in [-0.4, -0.2) is 21.7 Å². The van der Waals surface area contributed by atoms with Crippen molar-refractivity contribution in [1.82, 2.24) is 9.97 Å². The fourth-order valence-electron chi connectivity index (χ4n) is 2.29. The standard InChI is InChI=1S/C19H13Cl2N3O3/c1-11(25)15-10-13(27-19-22-7-2-8-23-19)4-6-17(15)24-18(26)14-5-3-12(20)9-16(14)21/h2-10H,1H3,(H,24,26). The van der Waals surface area contributed by atoms with Gasteiger partial charge in [-0.3, -0.25) is 9.59 Å². The minimum atomic E-state index is -0.459. The van der Waals surface area contributed by atoms with Crippen LogP contribution in [-0.2, 0) is 0 Å². The lowest BCUT2D eigenvalue weighted by Crippen LogP contribution is -2.15. The van der Waals surface area contributed by atoms with Crippen LogP contribution < -0.4 is 10.1 Å². The van der Waals surface area contributed by atoms with Crippen LogP contribution in [0.4, 0.5) is 5.69 Å². The fraction of sp³-hybridized carbons (Fsp3) is 0.0526. The highest BCUT2D eigenvalue weighted by Crippen LogP contribution is 2.27. The van der Waals surface area contributed by atoms with Crippen LogP contribution in [0.5, 0.6) is 11.8 Å². The van der Waals surface area contributed by atoms with Gasteiger partial charge in [0.15, 0.2) is 5.78 Å². The lowest BCUT2D eigenvalue weighted by Gasteiger charge is -2.12. The smallest absolute Gasteiger partial charge is 0.321 e. The van der Waals surface area contributed by atoms with E-state index in [4.69, 9.17) is 27.9 Å². The Morgan fingerprint density at radius 2 is 1.74 bits per heavy atom. The van der Waals surface area contributed by atoms with Gasteiger partial charge in [-0.05, 0) is 49.4 Å². The molecule has 0 bridgehead atoms. The summed E-state index contributed by atoms with van der Waals surface area (Å²) < 4.78 is 5.52. The van der Waals surface area contributed by atoms with Crippen LogP contribution in [0, 0.1) is 0 Å². The monoisotopic (exact) mass is 401 g/mol. The van der Waals surface area contributed by atoms with Crippen molar-refractivity contribution in [3.63, 3.8) is 0 Å². The number of carbonyl (C=O) groups excluding carboxylic acids is 2. The summed E-state index contributed by atoms with van der Waals surface area (Å²) in [5, 5.41) is 3.32. The van der Waals surface area contributed by atoms with E-state index in [-0.39, 0.29) is 27.9 Å². The number of nitrogens with one attached hydrogen (secondary N) is 1. The topological polar surface area (TPSA) is 81.2 Å². The maximum Gasteiger partial charge on any atom is 0.321 e. The highest BCUT2D eigenvalue weighted by molar-refractivity contribution is 6.37. The van der Waals surface area contributed by atoms with E-state index in [1.807, 2.05) is 0 Å². The van der Waals surface area contributed by atoms with Gasteiger partial charge in [-0.2, -0.15) is 0 Å². The van der Waals surface area contributed by atoms with E-state index < -0.39 is 5.91 Å². The molecule has 6 nitrogen and oxygen atoms in total. The third kappa shape index (κ3) is 4.61. The third-order valence-corrected chi connectivity index (χ3v) is 4.09. The average Bonchev–Trinajstić information content (AvgIpc) is 2.63. The molecule has 0 aliphatic carbocycles. The maximum atomic E-state index is 12.5. The molecule has 3 rings (SSSR count). The summed E-state index contributed by atoms with van der Waals surface area (Å²) in [5.74, 6) is -0.333. The summed E-state index contributed by atoms with van der Waals surface area (Å²) >= 11 is 11.9. The number of amides is 1. The molecule has 1 aromatic heterocycles. The molecule has 1 heterocycles. The van der Waals surface area contributed by atoms with E-state index in [0.29, 0.717) is 16.5 Å². The van der Waals surface area contributed by atoms with Crippen LogP contribution in [0.2, 0.25) is 10.0 Å². The van der Waals surface area contributed by atoms with Crippen LogP contribution in [0.1, 0.15) is 27.6 Å². The number of Topliss-reactive ketones (excluding diaryl/α,β-unsaturated/α-hetero) is 1. The normalized spacial score (nSPS) is 10.3. The number of hydrogen-bond acceptors (Lipinski definition) is 5. The van der Waals surface area contributed by atoms with Crippen molar-refractivity contribution in [2.24, 2.45) is 0 Å². The van der Waals surface area contributed by atoms with Gasteiger partial charge in [-0.15, -0.1) is 0 Å². The second-order valence-corrected chi connectivity index (χ2v) is 6.32. The van der Waals surface area contributed by atoms with Crippen molar-refractivity contribution in [2.75, 3.05) is 5.32 Å². The highest BCUT2D eigenvalue weighted by Gasteiger charge is 2.16. The Bertz CT molecular complexity index is 1010. The third-order valence-electron chi connectivity index (χ3n) is 3.55. The molecule has 0 spiro atoms. The number of anilines is 1. The molecule has 8 heteroatoms. The van der Waals surface area contributed by atoms with E-state index in [1.54, 1.807) is 36.7 Å². The molecule has 0 unspecified atom stereocenters. The van der Waals surface area contributed by atoms with Gasteiger partial charge in [0.25, 0.3) is 5.91 Å². The molecule has 0 aliphatic heterocycles. The van der Waals surface area contributed by atoms with Gasteiger partial charge < -0.3 is 10.1 Å². The Kier molecular flexibility index (Phi) is 5.69. The van der Waals surface area contributed by atoms with Crippen molar-refractivity contribution in [1.29, 1.82) is 0 Å². The number of ether oxygens (including phenoxy) is 1. The zero-order valence-electron chi connectivity index (χ0n) is 14.1. The van der Waals surface area contributed by atoms with Crippen molar-refractivity contribution < 1.29 is 14.3 Å². The van der Waals surface area contributed by atoms with E-state index >= 15 is 0 Å². The fourth-order valence-corrected chi connectivity index (χ4v) is 2.79. The first-order chi connectivity index (χ1) is 12.9. The Labute approximate surface area is 165 Å². The van der Waals surface area contributed by atoms with Gasteiger partial charge >= 0.3 is 6.01 Å². The Morgan fingerprint density at radius 3 is 2.41 bits per heavy atom. The number of carbonyl (C=O) groups is 2. The molecule has 1 N–H and O–H groups in total. The van der Waals surface area contributed by atoms with E-state index in [0.717, 1.165) is 0 Å². The summed E-state index contributed by atoms with van der Waals surface area (Å²) in [6.07, 6.45) is 3.08. The first-order valence-corrected chi connectivity index (χ1v) is 8.56. The first-order valence-electron chi connectivity index (χ1n) is 7.80. The SMILES string of the molecule is CC(=O)c1cc(Oc2ncccn2)ccc1NC(=O)c1ccc(Cl)cc1Cl. The second kappa shape index (κ2) is 8.16. The summed E-state index contributed by atoms with van der Waals surface area (Å²) in [7, 11) is 0. The number of benzene rings is 2. The van der Waals surface area contributed by atoms with Crippen molar-refractivity contribution >= 4 is 40.6 Å². The maximum absolute atomic E-state index is 12.5. The minimum Gasteiger partial charge on any atom is -0.424 e. The molecule has 3 aromatic rings. The molecule has 0 saturated heterocycles. The zero-order valence-corrected chi connectivity index (χ0v) is 15.6. The van der Waals surface area contributed by atoms with Crippen molar-refractivity contribution in [2.45, 2.75) is 6.92 Å². The summed E-state index contributed by atoms with van der Waals surface area (Å²) in [5.41, 5.74) is 0.857. The van der Waals surface area contributed by atoms with Crippen LogP contribution in [0.25, 0.3) is 0 Å². The lowest BCUT2D eigenvalue weighted by atomic mass is 10.1. The molecule has 0 atom stereocenters. The number of hydrogen-bond donors (Lipinski definition) is 1. The van der Waals surface area contributed by atoms with Crippen molar-refractivity contribution in [3.05, 3.63) is 76.0 Å². The molecular formula is C19H13Cl2N3O3. The second-order valence-electron chi connectivity index (χ2n) is 5.48.